The van der Waals surface area contributed by atoms with E-state index in [1.807, 2.05) is 0 Å². The molecule has 2 rings (SSSR count). The number of amides is 1. The van der Waals surface area contributed by atoms with Gasteiger partial charge >= 0.3 is 12.4 Å². The van der Waals surface area contributed by atoms with Gasteiger partial charge in [0, 0.05) is 23.3 Å². The summed E-state index contributed by atoms with van der Waals surface area (Å²) in [6.07, 6.45) is -6.62. The Hall–Kier alpha value is -3.51. The fourth-order valence-corrected chi connectivity index (χ4v) is 2.64. The highest BCUT2D eigenvalue weighted by Crippen LogP contribution is 2.38. The summed E-state index contributed by atoms with van der Waals surface area (Å²) in [5.74, 6) is -1.75. The van der Waals surface area contributed by atoms with Crippen molar-refractivity contribution >= 4 is 25.2 Å². The van der Waals surface area contributed by atoms with E-state index in [1.54, 1.807) is 13.8 Å². The zero-order valence-corrected chi connectivity index (χ0v) is 16.8. The van der Waals surface area contributed by atoms with Gasteiger partial charge in [-0.3, -0.25) is 14.8 Å². The van der Waals surface area contributed by atoms with E-state index in [0.29, 0.717) is 12.1 Å². The standard InChI is InChI=1S/C19H18F6N6O/c1-10(11(2)28-8-27-3)15(16(26)32)7-31-9-29-17(30-31)12-4-13(18(20,21)22)6-14(5-12)19(23,24)25/h4-11H,3H2,1-2H3,(H2,26,32)/b15-7+,28-8?. The molecular formula is C19H18F6N6O. The van der Waals surface area contributed by atoms with Crippen molar-refractivity contribution in [2.24, 2.45) is 21.6 Å². The van der Waals surface area contributed by atoms with Crippen molar-refractivity contribution in [1.82, 2.24) is 14.8 Å². The number of carbonyl (C=O) groups excluding carboxylic acids is 1. The van der Waals surface area contributed by atoms with Crippen molar-refractivity contribution in [2.45, 2.75) is 32.2 Å². The van der Waals surface area contributed by atoms with Crippen LogP contribution in [-0.4, -0.2) is 39.8 Å². The lowest BCUT2D eigenvalue weighted by Gasteiger charge is -2.17. The van der Waals surface area contributed by atoms with Crippen LogP contribution in [0.5, 0.6) is 0 Å². The number of aromatic nitrogens is 3. The second kappa shape index (κ2) is 9.32. The minimum Gasteiger partial charge on any atom is -0.366 e. The van der Waals surface area contributed by atoms with Crippen LogP contribution in [0.3, 0.4) is 0 Å². The molecule has 172 valence electrons. The third-order valence-corrected chi connectivity index (χ3v) is 4.51. The van der Waals surface area contributed by atoms with Gasteiger partial charge < -0.3 is 5.73 Å². The van der Waals surface area contributed by atoms with E-state index in [4.69, 9.17) is 5.73 Å². The van der Waals surface area contributed by atoms with Crippen LogP contribution < -0.4 is 5.73 Å². The molecule has 0 aliphatic carbocycles. The maximum atomic E-state index is 13.1. The Morgan fingerprint density at radius 1 is 1.12 bits per heavy atom. The Morgan fingerprint density at radius 2 is 1.69 bits per heavy atom. The highest BCUT2D eigenvalue weighted by molar-refractivity contribution is 5.95. The lowest BCUT2D eigenvalue weighted by molar-refractivity contribution is -0.143. The lowest BCUT2D eigenvalue weighted by Crippen LogP contribution is -2.25. The van der Waals surface area contributed by atoms with Gasteiger partial charge in [0.25, 0.3) is 0 Å². The molecule has 1 aromatic heterocycles. The minimum absolute atomic E-state index is 0.00723. The maximum Gasteiger partial charge on any atom is 0.416 e. The largest absolute Gasteiger partial charge is 0.416 e. The summed E-state index contributed by atoms with van der Waals surface area (Å²) in [7, 11) is 0. The number of nitrogens with zero attached hydrogens (tertiary/aromatic N) is 5. The number of aliphatic imine (C=N–C) groups is 2. The quantitative estimate of drug-likeness (QED) is 0.292. The molecule has 0 saturated heterocycles. The van der Waals surface area contributed by atoms with Crippen molar-refractivity contribution in [3.05, 3.63) is 41.2 Å². The number of hydrogen-bond acceptors (Lipinski definition) is 4. The molecule has 0 saturated carbocycles. The molecule has 2 aromatic rings. The molecule has 2 unspecified atom stereocenters. The first-order chi connectivity index (χ1) is 14.7. The van der Waals surface area contributed by atoms with Gasteiger partial charge in [0.15, 0.2) is 5.82 Å². The minimum atomic E-state index is -5.01. The van der Waals surface area contributed by atoms with E-state index in [-0.39, 0.29) is 11.6 Å². The predicted molar refractivity (Wildman–Crippen MR) is 106 cm³/mol. The van der Waals surface area contributed by atoms with Crippen molar-refractivity contribution in [3.63, 3.8) is 0 Å². The molecule has 2 atom stereocenters. The summed E-state index contributed by atoms with van der Waals surface area (Å²) in [6.45, 7) is 6.56. The molecule has 13 heteroatoms. The average molecular weight is 460 g/mol. The first-order valence-corrected chi connectivity index (χ1v) is 8.94. The van der Waals surface area contributed by atoms with E-state index in [1.165, 1.54) is 12.5 Å². The average Bonchev–Trinajstić information content (AvgIpc) is 3.16. The van der Waals surface area contributed by atoms with Gasteiger partial charge in [-0.1, -0.05) is 6.92 Å². The Bertz CT molecular complexity index is 1020. The van der Waals surface area contributed by atoms with Crippen molar-refractivity contribution in [3.8, 4) is 11.4 Å². The molecule has 1 aromatic carbocycles. The van der Waals surface area contributed by atoms with E-state index < -0.39 is 52.7 Å². The van der Waals surface area contributed by atoms with Gasteiger partial charge in [0.05, 0.1) is 17.2 Å². The summed E-state index contributed by atoms with van der Waals surface area (Å²) in [6, 6.07) is 0.581. The molecule has 0 aliphatic heterocycles. The fraction of sp³-hybridized carbons (Fsp3) is 0.316. The molecule has 2 N–H and O–H groups in total. The number of carbonyl (C=O) groups is 1. The Morgan fingerprint density at radius 3 is 2.16 bits per heavy atom. The van der Waals surface area contributed by atoms with Crippen molar-refractivity contribution in [2.75, 3.05) is 0 Å². The second-order valence-electron chi connectivity index (χ2n) is 6.77. The molecule has 0 radical (unpaired) electrons. The molecule has 1 amide bonds. The third-order valence-electron chi connectivity index (χ3n) is 4.51. The van der Waals surface area contributed by atoms with Crippen molar-refractivity contribution in [1.29, 1.82) is 0 Å². The topological polar surface area (TPSA) is 98.5 Å². The van der Waals surface area contributed by atoms with E-state index in [0.717, 1.165) is 11.0 Å². The normalized spacial score (nSPS) is 15.1. The third kappa shape index (κ3) is 6.02. The highest BCUT2D eigenvalue weighted by atomic mass is 19.4. The molecule has 32 heavy (non-hydrogen) atoms. The number of hydrogen-bond donors (Lipinski definition) is 1. The molecule has 0 spiro atoms. The van der Waals surface area contributed by atoms with Crippen LogP contribution >= 0.6 is 0 Å². The number of alkyl halides is 6. The molecule has 0 bridgehead atoms. The second-order valence-corrected chi connectivity index (χ2v) is 6.77. The first-order valence-electron chi connectivity index (χ1n) is 8.94. The summed E-state index contributed by atoms with van der Waals surface area (Å²) >= 11 is 0. The van der Waals surface area contributed by atoms with Crippen LogP contribution in [0.1, 0.15) is 25.0 Å². The summed E-state index contributed by atoms with van der Waals surface area (Å²) in [4.78, 5) is 23.1. The Balaban J connectivity index is 2.50. The molecular weight excluding hydrogens is 442 g/mol. The molecule has 7 nitrogen and oxygen atoms in total. The molecule has 0 aliphatic rings. The van der Waals surface area contributed by atoms with Crippen molar-refractivity contribution < 1.29 is 31.1 Å². The predicted octanol–water partition coefficient (Wildman–Crippen LogP) is 4.06. The Labute approximate surface area is 178 Å². The SMILES string of the molecule is C=NC=NC(C)C(C)/C(=C\n1cnc(-c2cc(C(F)(F)F)cc(C(F)(F)F)c2)n1)C(N)=O. The van der Waals surface area contributed by atoms with E-state index in [2.05, 4.69) is 26.8 Å². The van der Waals surface area contributed by atoms with Crippen LogP contribution in [0.4, 0.5) is 26.3 Å². The maximum absolute atomic E-state index is 13.1. The Kier molecular flexibility index (Phi) is 7.21. The van der Waals surface area contributed by atoms with Gasteiger partial charge in [0.2, 0.25) is 5.91 Å². The van der Waals surface area contributed by atoms with Crippen LogP contribution in [0.15, 0.2) is 40.1 Å². The van der Waals surface area contributed by atoms with Crippen LogP contribution in [0.2, 0.25) is 0 Å². The van der Waals surface area contributed by atoms with Gasteiger partial charge in [-0.25, -0.2) is 9.67 Å². The van der Waals surface area contributed by atoms with Crippen LogP contribution in [-0.2, 0) is 17.1 Å². The van der Waals surface area contributed by atoms with Gasteiger partial charge in [-0.05, 0) is 31.8 Å². The summed E-state index contributed by atoms with van der Waals surface area (Å²) in [5, 5.41) is 3.87. The van der Waals surface area contributed by atoms with E-state index >= 15 is 0 Å². The first kappa shape index (κ1) is 24.8. The number of rotatable bonds is 7. The molecule has 1 heterocycles. The summed E-state index contributed by atoms with van der Waals surface area (Å²) < 4.78 is 79.4. The zero-order valence-electron chi connectivity index (χ0n) is 16.8. The van der Waals surface area contributed by atoms with Crippen LogP contribution in [0, 0.1) is 5.92 Å². The van der Waals surface area contributed by atoms with Gasteiger partial charge in [-0.2, -0.15) is 26.3 Å². The number of nitrogens with two attached hydrogens (primary N) is 1. The number of benzene rings is 1. The summed E-state index contributed by atoms with van der Waals surface area (Å²) in [5.41, 5.74) is 1.96. The van der Waals surface area contributed by atoms with E-state index in [9.17, 15) is 31.1 Å². The number of primary amides is 1. The monoisotopic (exact) mass is 460 g/mol. The molecule has 0 fully saturated rings. The highest BCUT2D eigenvalue weighted by Gasteiger charge is 2.37. The zero-order chi connectivity index (χ0) is 24.3. The van der Waals surface area contributed by atoms with Gasteiger partial charge in [0.1, 0.15) is 12.7 Å². The lowest BCUT2D eigenvalue weighted by atomic mass is 9.95. The van der Waals surface area contributed by atoms with Gasteiger partial charge in [-0.15, -0.1) is 5.10 Å². The fourth-order valence-electron chi connectivity index (χ4n) is 2.64. The smallest absolute Gasteiger partial charge is 0.366 e. The number of halogens is 6. The van der Waals surface area contributed by atoms with Crippen LogP contribution in [0.25, 0.3) is 17.6 Å².